The van der Waals surface area contributed by atoms with Gasteiger partial charge >= 0.3 is 5.97 Å². The lowest BCUT2D eigenvalue weighted by Gasteiger charge is -2.37. The summed E-state index contributed by atoms with van der Waals surface area (Å²) >= 11 is 12.3. The fourth-order valence-electron chi connectivity index (χ4n) is 2.87. The Morgan fingerprint density at radius 1 is 1.26 bits per heavy atom. The molecule has 1 saturated heterocycles. The average Bonchev–Trinajstić information content (AvgIpc) is 2.51. The number of carbonyl (C=O) groups excluding carboxylic acids is 2. The van der Waals surface area contributed by atoms with E-state index in [1.807, 2.05) is 0 Å². The molecule has 1 aromatic carbocycles. The van der Waals surface area contributed by atoms with E-state index in [1.165, 1.54) is 0 Å². The Balaban J connectivity index is 2.18. The van der Waals surface area contributed by atoms with E-state index in [1.54, 1.807) is 30.0 Å². The van der Waals surface area contributed by atoms with Crippen molar-refractivity contribution in [2.75, 3.05) is 13.2 Å². The van der Waals surface area contributed by atoms with E-state index in [0.29, 0.717) is 41.1 Å². The summed E-state index contributed by atoms with van der Waals surface area (Å²) in [5.74, 6) is -0.131. The number of carbonyl (C=O) groups is 2. The largest absolute Gasteiger partial charge is 0.464 e. The number of esters is 1. The predicted molar refractivity (Wildman–Crippen MR) is 90.7 cm³/mol. The third kappa shape index (κ3) is 4.39. The Labute approximate surface area is 146 Å². The molecule has 4 nitrogen and oxygen atoms in total. The van der Waals surface area contributed by atoms with Crippen LogP contribution in [0, 0.1) is 5.92 Å². The number of rotatable bonds is 4. The van der Waals surface area contributed by atoms with Crippen LogP contribution in [-0.2, 0) is 20.7 Å². The number of benzene rings is 1. The number of likely N-dealkylation sites (tertiary alicyclic amines) is 1. The summed E-state index contributed by atoms with van der Waals surface area (Å²) in [5, 5.41) is 0.923. The number of nitrogens with zero attached hydrogens (tertiary/aromatic N) is 1. The highest BCUT2D eigenvalue weighted by molar-refractivity contribution is 6.36. The molecule has 0 spiro atoms. The lowest BCUT2D eigenvalue weighted by atomic mass is 9.93. The van der Waals surface area contributed by atoms with E-state index >= 15 is 0 Å². The van der Waals surface area contributed by atoms with Crippen molar-refractivity contribution in [3.05, 3.63) is 33.8 Å². The molecule has 2 rings (SSSR count). The zero-order chi connectivity index (χ0) is 17.0. The molecular formula is C17H21Cl2NO3. The van der Waals surface area contributed by atoms with Gasteiger partial charge in [-0.15, -0.1) is 0 Å². The normalized spacial score (nSPS) is 21.1. The lowest BCUT2D eigenvalue weighted by molar-refractivity contribution is -0.157. The van der Waals surface area contributed by atoms with Crippen molar-refractivity contribution in [2.24, 2.45) is 5.92 Å². The molecule has 1 aromatic rings. The molecule has 1 amide bonds. The molecule has 126 valence electrons. The van der Waals surface area contributed by atoms with Crippen LogP contribution in [0.2, 0.25) is 10.0 Å². The summed E-state index contributed by atoms with van der Waals surface area (Å²) < 4.78 is 5.11. The van der Waals surface area contributed by atoms with Crippen LogP contribution >= 0.6 is 23.2 Å². The van der Waals surface area contributed by atoms with Gasteiger partial charge in [0.15, 0.2) is 0 Å². The first-order valence-electron chi connectivity index (χ1n) is 7.83. The molecule has 1 aliphatic heterocycles. The van der Waals surface area contributed by atoms with Crippen molar-refractivity contribution in [1.82, 2.24) is 4.90 Å². The summed E-state index contributed by atoms with van der Waals surface area (Å²) in [6.45, 7) is 4.69. The molecule has 0 radical (unpaired) electrons. The number of halogens is 2. The smallest absolute Gasteiger partial charge is 0.328 e. The van der Waals surface area contributed by atoms with E-state index < -0.39 is 6.04 Å². The van der Waals surface area contributed by atoms with Gasteiger partial charge in [0.05, 0.1) is 13.0 Å². The Morgan fingerprint density at radius 2 is 1.91 bits per heavy atom. The monoisotopic (exact) mass is 357 g/mol. The summed E-state index contributed by atoms with van der Waals surface area (Å²) in [5.41, 5.74) is 0.599. The number of piperidine rings is 1. The topological polar surface area (TPSA) is 46.6 Å². The number of hydrogen-bond acceptors (Lipinski definition) is 3. The molecule has 0 N–H and O–H groups in total. The fourth-order valence-corrected chi connectivity index (χ4v) is 3.40. The molecule has 0 bridgehead atoms. The molecule has 23 heavy (non-hydrogen) atoms. The Bertz CT molecular complexity index is 571. The van der Waals surface area contributed by atoms with Crippen LogP contribution in [0.5, 0.6) is 0 Å². The second-order valence-electron chi connectivity index (χ2n) is 5.87. The van der Waals surface area contributed by atoms with Crippen molar-refractivity contribution < 1.29 is 14.3 Å². The van der Waals surface area contributed by atoms with Crippen LogP contribution in [0.15, 0.2) is 18.2 Å². The van der Waals surface area contributed by atoms with E-state index in [9.17, 15) is 9.59 Å². The molecule has 2 unspecified atom stereocenters. The van der Waals surface area contributed by atoms with Gasteiger partial charge in [-0.25, -0.2) is 4.79 Å². The summed E-state index contributed by atoms with van der Waals surface area (Å²) in [7, 11) is 0. The molecule has 0 saturated carbocycles. The SMILES string of the molecule is CCOC(=O)C1CCC(C)CN1C(=O)Cc1c(Cl)cccc1Cl. The Hall–Kier alpha value is -1.26. The van der Waals surface area contributed by atoms with E-state index in [-0.39, 0.29) is 18.3 Å². The van der Waals surface area contributed by atoms with E-state index in [0.717, 1.165) is 6.42 Å². The van der Waals surface area contributed by atoms with Gasteiger partial charge < -0.3 is 9.64 Å². The number of ether oxygens (including phenoxy) is 1. The molecule has 1 heterocycles. The van der Waals surface area contributed by atoms with Gasteiger partial charge in [0, 0.05) is 16.6 Å². The Morgan fingerprint density at radius 3 is 2.52 bits per heavy atom. The van der Waals surface area contributed by atoms with Gasteiger partial charge in [0.1, 0.15) is 6.04 Å². The van der Waals surface area contributed by atoms with Gasteiger partial charge in [-0.3, -0.25) is 4.79 Å². The second kappa shape index (κ2) is 8.02. The van der Waals surface area contributed by atoms with Crippen LogP contribution < -0.4 is 0 Å². The van der Waals surface area contributed by atoms with Crippen molar-refractivity contribution in [3.8, 4) is 0 Å². The molecule has 1 aliphatic rings. The second-order valence-corrected chi connectivity index (χ2v) is 6.69. The highest BCUT2D eigenvalue weighted by atomic mass is 35.5. The molecule has 2 atom stereocenters. The van der Waals surface area contributed by atoms with Crippen molar-refractivity contribution in [2.45, 2.75) is 39.2 Å². The number of amides is 1. The molecular weight excluding hydrogens is 337 g/mol. The van der Waals surface area contributed by atoms with Gasteiger partial charge in [0.25, 0.3) is 0 Å². The lowest BCUT2D eigenvalue weighted by Crippen LogP contribution is -2.51. The maximum Gasteiger partial charge on any atom is 0.328 e. The zero-order valence-electron chi connectivity index (χ0n) is 13.4. The van der Waals surface area contributed by atoms with E-state index in [2.05, 4.69) is 6.92 Å². The summed E-state index contributed by atoms with van der Waals surface area (Å²) in [4.78, 5) is 26.5. The van der Waals surface area contributed by atoms with Crippen LogP contribution in [0.4, 0.5) is 0 Å². The van der Waals surface area contributed by atoms with Crippen LogP contribution in [0.1, 0.15) is 32.3 Å². The van der Waals surface area contributed by atoms with Crippen molar-refractivity contribution >= 4 is 35.1 Å². The quantitative estimate of drug-likeness (QED) is 0.771. The standard InChI is InChI=1S/C17H21Cl2NO3/c1-3-23-17(22)15-8-7-11(2)10-20(15)16(21)9-12-13(18)5-4-6-14(12)19/h4-6,11,15H,3,7-10H2,1-2H3. The number of hydrogen-bond donors (Lipinski definition) is 0. The van der Waals surface area contributed by atoms with Gasteiger partial charge in [-0.1, -0.05) is 36.2 Å². The predicted octanol–water partition coefficient (Wildman–Crippen LogP) is 3.73. The summed E-state index contributed by atoms with van der Waals surface area (Å²) in [6, 6.07) is 4.64. The van der Waals surface area contributed by atoms with Crippen LogP contribution in [-0.4, -0.2) is 36.0 Å². The maximum absolute atomic E-state index is 12.7. The van der Waals surface area contributed by atoms with Crippen molar-refractivity contribution in [1.29, 1.82) is 0 Å². The molecule has 0 aromatic heterocycles. The zero-order valence-corrected chi connectivity index (χ0v) is 14.9. The van der Waals surface area contributed by atoms with Crippen LogP contribution in [0.3, 0.4) is 0 Å². The highest BCUT2D eigenvalue weighted by Gasteiger charge is 2.35. The first-order chi connectivity index (χ1) is 10.9. The molecule has 6 heteroatoms. The first kappa shape index (κ1) is 18.1. The minimum atomic E-state index is -0.514. The van der Waals surface area contributed by atoms with Gasteiger partial charge in [-0.2, -0.15) is 0 Å². The highest BCUT2D eigenvalue weighted by Crippen LogP contribution is 2.28. The minimum Gasteiger partial charge on any atom is -0.464 e. The fraction of sp³-hybridized carbons (Fsp3) is 0.529. The maximum atomic E-state index is 12.7. The van der Waals surface area contributed by atoms with Crippen LogP contribution in [0.25, 0.3) is 0 Å². The summed E-state index contributed by atoms with van der Waals surface area (Å²) in [6.07, 6.45) is 1.61. The molecule has 1 fully saturated rings. The third-order valence-electron chi connectivity index (χ3n) is 4.09. The van der Waals surface area contributed by atoms with Gasteiger partial charge in [0.2, 0.25) is 5.91 Å². The average molecular weight is 358 g/mol. The first-order valence-corrected chi connectivity index (χ1v) is 8.58. The third-order valence-corrected chi connectivity index (χ3v) is 4.79. The Kier molecular flexibility index (Phi) is 6.31. The van der Waals surface area contributed by atoms with Gasteiger partial charge in [-0.05, 0) is 43.4 Å². The molecule has 0 aliphatic carbocycles. The minimum absolute atomic E-state index is 0.0845. The van der Waals surface area contributed by atoms with E-state index in [4.69, 9.17) is 27.9 Å². The van der Waals surface area contributed by atoms with Crippen molar-refractivity contribution in [3.63, 3.8) is 0 Å².